The number of anilines is 2. The third kappa shape index (κ3) is 4.90. The summed E-state index contributed by atoms with van der Waals surface area (Å²) in [5.41, 5.74) is 1.32. The zero-order valence-electron chi connectivity index (χ0n) is 13.6. The van der Waals surface area contributed by atoms with Crippen LogP contribution in [0.2, 0.25) is 0 Å². The van der Waals surface area contributed by atoms with E-state index in [1.54, 1.807) is 24.4 Å². The maximum Gasteiger partial charge on any atom is 0.269 e. The first-order chi connectivity index (χ1) is 12.1. The lowest BCUT2D eigenvalue weighted by Crippen LogP contribution is -2.28. The smallest absolute Gasteiger partial charge is 0.269 e. The summed E-state index contributed by atoms with van der Waals surface area (Å²) in [5, 5.41) is 19.7. The number of hydrogen-bond donors (Lipinski definition) is 3. The third-order valence-corrected chi connectivity index (χ3v) is 3.77. The Hall–Kier alpha value is -3.16. The van der Waals surface area contributed by atoms with Crippen molar-refractivity contribution in [3.8, 4) is 0 Å². The summed E-state index contributed by atoms with van der Waals surface area (Å²) in [6.07, 6.45) is 3.90. The third-order valence-electron chi connectivity index (χ3n) is 3.77. The molecule has 0 aliphatic heterocycles. The van der Waals surface area contributed by atoms with Gasteiger partial charge >= 0.3 is 0 Å². The number of nitro benzene ring substituents is 1. The van der Waals surface area contributed by atoms with Gasteiger partial charge in [-0.05, 0) is 37.1 Å². The van der Waals surface area contributed by atoms with Gasteiger partial charge in [0.25, 0.3) is 11.6 Å². The molecule has 1 heterocycles. The molecule has 3 N–H and O–H groups in total. The number of carbonyl (C=O) groups is 1. The van der Waals surface area contributed by atoms with Crippen LogP contribution in [0.5, 0.6) is 0 Å². The van der Waals surface area contributed by atoms with Crippen molar-refractivity contribution in [1.82, 2.24) is 10.3 Å². The Balaban J connectivity index is 1.40. The molecule has 1 aliphatic carbocycles. The predicted molar refractivity (Wildman–Crippen MR) is 94.8 cm³/mol. The Bertz CT molecular complexity index is 742. The van der Waals surface area contributed by atoms with Crippen molar-refractivity contribution in [2.75, 3.05) is 23.7 Å². The largest absolute Gasteiger partial charge is 0.383 e. The number of carbonyl (C=O) groups excluding carboxylic acids is 1. The van der Waals surface area contributed by atoms with Gasteiger partial charge in [0.1, 0.15) is 5.82 Å². The Kier molecular flexibility index (Phi) is 5.08. The molecule has 8 nitrogen and oxygen atoms in total. The molecule has 0 saturated heterocycles. The summed E-state index contributed by atoms with van der Waals surface area (Å²) in [7, 11) is 0. The van der Waals surface area contributed by atoms with Crippen molar-refractivity contribution in [2.45, 2.75) is 18.9 Å². The highest BCUT2D eigenvalue weighted by atomic mass is 16.6. The number of rotatable bonds is 8. The zero-order valence-corrected chi connectivity index (χ0v) is 13.6. The van der Waals surface area contributed by atoms with Crippen LogP contribution < -0.4 is 16.0 Å². The number of nitrogens with zero attached hydrogens (tertiary/aromatic N) is 2. The first-order valence-electron chi connectivity index (χ1n) is 8.11. The first-order valence-corrected chi connectivity index (χ1v) is 8.11. The van der Waals surface area contributed by atoms with E-state index in [-0.39, 0.29) is 11.6 Å². The Morgan fingerprint density at radius 2 is 1.92 bits per heavy atom. The number of hydrogen-bond acceptors (Lipinski definition) is 6. The van der Waals surface area contributed by atoms with Crippen molar-refractivity contribution in [3.63, 3.8) is 0 Å². The van der Waals surface area contributed by atoms with Gasteiger partial charge in [-0.2, -0.15) is 0 Å². The molecule has 1 fully saturated rings. The highest BCUT2D eigenvalue weighted by molar-refractivity contribution is 5.94. The summed E-state index contributed by atoms with van der Waals surface area (Å²) >= 11 is 0. The van der Waals surface area contributed by atoms with Crippen molar-refractivity contribution in [1.29, 1.82) is 0 Å². The summed E-state index contributed by atoms with van der Waals surface area (Å²) in [5.74, 6) is 0.606. The summed E-state index contributed by atoms with van der Waals surface area (Å²) in [6.45, 7) is 0.941. The fourth-order valence-electron chi connectivity index (χ4n) is 2.24. The van der Waals surface area contributed by atoms with Crippen molar-refractivity contribution in [3.05, 3.63) is 58.3 Å². The molecule has 1 aromatic carbocycles. The van der Waals surface area contributed by atoms with E-state index in [0.29, 0.717) is 24.7 Å². The molecule has 1 saturated carbocycles. The van der Waals surface area contributed by atoms with Crippen LogP contribution in [0.4, 0.5) is 17.2 Å². The predicted octanol–water partition coefficient (Wildman–Crippen LogP) is 2.41. The first kappa shape index (κ1) is 16.7. The van der Waals surface area contributed by atoms with Crippen LogP contribution in [0, 0.1) is 10.1 Å². The second kappa shape index (κ2) is 7.61. The summed E-state index contributed by atoms with van der Waals surface area (Å²) in [6, 6.07) is 10.2. The molecule has 0 unspecified atom stereocenters. The molecule has 130 valence electrons. The van der Waals surface area contributed by atoms with Crippen LogP contribution in [0.3, 0.4) is 0 Å². The average Bonchev–Trinajstić information content (AvgIpc) is 3.43. The molecule has 0 bridgehead atoms. The molecular formula is C17H19N5O3. The highest BCUT2D eigenvalue weighted by Gasteiger charge is 2.21. The van der Waals surface area contributed by atoms with Crippen molar-refractivity contribution >= 4 is 23.1 Å². The molecule has 1 aliphatic rings. The topological polar surface area (TPSA) is 109 Å². The van der Waals surface area contributed by atoms with Gasteiger partial charge in [0, 0.05) is 43.1 Å². The average molecular weight is 341 g/mol. The lowest BCUT2D eigenvalue weighted by atomic mass is 10.2. The van der Waals surface area contributed by atoms with E-state index >= 15 is 0 Å². The molecule has 25 heavy (non-hydrogen) atoms. The minimum atomic E-state index is -0.441. The minimum absolute atomic E-state index is 0.0472. The van der Waals surface area contributed by atoms with Gasteiger partial charge < -0.3 is 16.0 Å². The van der Waals surface area contributed by atoms with Crippen LogP contribution in [-0.2, 0) is 0 Å². The lowest BCUT2D eigenvalue weighted by Gasteiger charge is -2.08. The minimum Gasteiger partial charge on any atom is -0.383 e. The Morgan fingerprint density at radius 3 is 2.52 bits per heavy atom. The van der Waals surface area contributed by atoms with Crippen LogP contribution in [0.15, 0.2) is 42.6 Å². The number of nitro groups is 1. The van der Waals surface area contributed by atoms with E-state index in [1.807, 2.05) is 6.07 Å². The van der Waals surface area contributed by atoms with E-state index in [2.05, 4.69) is 20.9 Å². The van der Waals surface area contributed by atoms with E-state index in [1.165, 1.54) is 25.0 Å². The zero-order chi connectivity index (χ0) is 17.6. The molecule has 2 aromatic rings. The monoisotopic (exact) mass is 341 g/mol. The number of amides is 1. The van der Waals surface area contributed by atoms with Crippen molar-refractivity contribution in [2.24, 2.45) is 0 Å². The normalized spacial score (nSPS) is 13.1. The number of aromatic nitrogens is 1. The fraction of sp³-hybridized carbons (Fsp3) is 0.294. The maximum absolute atomic E-state index is 12.0. The second-order valence-electron chi connectivity index (χ2n) is 5.84. The quantitative estimate of drug-likeness (QED) is 0.386. The maximum atomic E-state index is 12.0. The highest BCUT2D eigenvalue weighted by Crippen LogP contribution is 2.23. The van der Waals surface area contributed by atoms with Gasteiger partial charge in [-0.25, -0.2) is 4.98 Å². The van der Waals surface area contributed by atoms with Crippen LogP contribution in [-0.4, -0.2) is 34.9 Å². The van der Waals surface area contributed by atoms with Crippen LogP contribution in [0.1, 0.15) is 23.2 Å². The molecule has 8 heteroatoms. The summed E-state index contributed by atoms with van der Waals surface area (Å²) in [4.78, 5) is 26.4. The molecule has 1 aromatic heterocycles. The van der Waals surface area contributed by atoms with Gasteiger partial charge in [-0.15, -0.1) is 0 Å². The number of pyridine rings is 1. The summed E-state index contributed by atoms with van der Waals surface area (Å²) < 4.78 is 0. The standard InChI is InChI=1S/C17H19N5O3/c23-17(12-1-8-16(20-11-12)21-14-2-3-14)19-10-9-18-13-4-6-15(7-5-13)22(24)25/h1,4-8,11,14,18H,2-3,9-10H2,(H,19,23)(H,20,21). The van der Waals surface area contributed by atoms with Gasteiger partial charge in [0.05, 0.1) is 10.5 Å². The van der Waals surface area contributed by atoms with E-state index in [4.69, 9.17) is 0 Å². The Morgan fingerprint density at radius 1 is 1.16 bits per heavy atom. The molecule has 3 rings (SSSR count). The van der Waals surface area contributed by atoms with Gasteiger partial charge in [0.15, 0.2) is 0 Å². The van der Waals surface area contributed by atoms with E-state index in [0.717, 1.165) is 11.5 Å². The lowest BCUT2D eigenvalue weighted by molar-refractivity contribution is -0.384. The molecule has 0 atom stereocenters. The van der Waals surface area contributed by atoms with Crippen LogP contribution in [0.25, 0.3) is 0 Å². The van der Waals surface area contributed by atoms with E-state index < -0.39 is 4.92 Å². The van der Waals surface area contributed by atoms with Crippen LogP contribution >= 0.6 is 0 Å². The fourth-order valence-corrected chi connectivity index (χ4v) is 2.24. The molecule has 0 radical (unpaired) electrons. The van der Waals surface area contributed by atoms with E-state index in [9.17, 15) is 14.9 Å². The van der Waals surface area contributed by atoms with Crippen molar-refractivity contribution < 1.29 is 9.72 Å². The second-order valence-corrected chi connectivity index (χ2v) is 5.84. The number of nitrogens with one attached hydrogen (secondary N) is 3. The molecular weight excluding hydrogens is 322 g/mol. The number of non-ortho nitro benzene ring substituents is 1. The molecule has 1 amide bonds. The van der Waals surface area contributed by atoms with Gasteiger partial charge in [0.2, 0.25) is 0 Å². The molecule has 0 spiro atoms. The Labute approximate surface area is 144 Å². The SMILES string of the molecule is O=C(NCCNc1ccc([N+](=O)[O-])cc1)c1ccc(NC2CC2)nc1. The van der Waals surface area contributed by atoms with Gasteiger partial charge in [-0.1, -0.05) is 0 Å². The number of benzene rings is 1. The van der Waals surface area contributed by atoms with Gasteiger partial charge in [-0.3, -0.25) is 14.9 Å².